The minimum Gasteiger partial charge on any atom is -0.379 e. The number of carbonyl (C=O) groups excluding carboxylic acids is 1. The topological polar surface area (TPSA) is 128 Å². The highest BCUT2D eigenvalue weighted by Crippen LogP contribution is 2.29. The highest BCUT2D eigenvalue weighted by atomic mass is 32.2. The standard InChI is InChI=1S/C20H30N6O4S/c1-15(2)19(24-26-8-4-7-20(26,14-21)16(3)27)23-18-6-5-17(13-22-18)31(28,29)25-9-11-30-12-10-25/h5-6,13,15,19,24H,4,7-12H2,1-3H3,(H,22,23). The number of Topliss-reactive ketones (excluding diaryl/α,β-unsaturated/α-hetero) is 1. The predicted octanol–water partition coefficient (Wildman–Crippen LogP) is 0.948. The van der Waals surface area contributed by atoms with Crippen LogP contribution in [-0.2, 0) is 19.6 Å². The number of sulfonamides is 1. The second-order valence-corrected chi connectivity index (χ2v) is 10.1. The number of morpholine rings is 1. The van der Waals surface area contributed by atoms with Crippen LogP contribution in [0, 0.1) is 17.2 Å². The lowest BCUT2D eigenvalue weighted by Gasteiger charge is -2.36. The summed E-state index contributed by atoms with van der Waals surface area (Å²) in [7, 11) is -3.60. The van der Waals surface area contributed by atoms with Crippen LogP contribution in [0.1, 0.15) is 33.6 Å². The van der Waals surface area contributed by atoms with Crippen molar-refractivity contribution in [3.05, 3.63) is 18.3 Å². The molecule has 10 nitrogen and oxygen atoms in total. The summed E-state index contributed by atoms with van der Waals surface area (Å²) in [5, 5.41) is 14.6. The van der Waals surface area contributed by atoms with E-state index in [9.17, 15) is 18.5 Å². The maximum absolute atomic E-state index is 12.8. The normalized spacial score (nSPS) is 24.1. The van der Waals surface area contributed by atoms with Crippen molar-refractivity contribution in [2.45, 2.75) is 50.2 Å². The highest BCUT2D eigenvalue weighted by Gasteiger charge is 2.46. The van der Waals surface area contributed by atoms with Crippen molar-refractivity contribution in [1.29, 1.82) is 5.26 Å². The fourth-order valence-electron chi connectivity index (χ4n) is 3.78. The first-order valence-electron chi connectivity index (χ1n) is 10.5. The molecule has 3 heterocycles. The van der Waals surface area contributed by atoms with Crippen LogP contribution in [0.5, 0.6) is 0 Å². The minimum absolute atomic E-state index is 0.0995. The van der Waals surface area contributed by atoms with E-state index in [0.29, 0.717) is 45.1 Å². The quantitative estimate of drug-likeness (QED) is 0.556. The Morgan fingerprint density at radius 2 is 2.00 bits per heavy atom. The van der Waals surface area contributed by atoms with Crippen molar-refractivity contribution in [3.63, 3.8) is 0 Å². The number of aromatic nitrogens is 1. The Hall–Kier alpha value is -2.10. The van der Waals surface area contributed by atoms with Gasteiger partial charge in [0.1, 0.15) is 10.7 Å². The maximum Gasteiger partial charge on any atom is 0.244 e. The molecule has 0 aliphatic carbocycles. The predicted molar refractivity (Wildman–Crippen MR) is 114 cm³/mol. The van der Waals surface area contributed by atoms with Gasteiger partial charge in [0.15, 0.2) is 11.3 Å². The van der Waals surface area contributed by atoms with Crippen molar-refractivity contribution < 1.29 is 17.9 Å². The lowest BCUT2D eigenvalue weighted by Crippen LogP contribution is -2.60. The third-order valence-corrected chi connectivity index (χ3v) is 7.64. The molecule has 11 heteroatoms. The van der Waals surface area contributed by atoms with Gasteiger partial charge in [-0.15, -0.1) is 0 Å². The summed E-state index contributed by atoms with van der Waals surface area (Å²) in [6, 6.07) is 5.33. The summed E-state index contributed by atoms with van der Waals surface area (Å²) in [5.74, 6) is 0.414. The molecule has 31 heavy (non-hydrogen) atoms. The number of rotatable bonds is 8. The van der Waals surface area contributed by atoms with E-state index in [4.69, 9.17) is 4.74 Å². The molecule has 0 radical (unpaired) electrons. The zero-order valence-electron chi connectivity index (χ0n) is 18.2. The van der Waals surface area contributed by atoms with Crippen molar-refractivity contribution in [2.75, 3.05) is 38.2 Å². The number of nitriles is 1. The Bertz CT molecular complexity index is 924. The number of carbonyl (C=O) groups is 1. The van der Waals surface area contributed by atoms with E-state index in [-0.39, 0.29) is 22.8 Å². The summed E-state index contributed by atoms with van der Waals surface area (Å²) < 4.78 is 32.1. The van der Waals surface area contributed by atoms with Gasteiger partial charge in [-0.3, -0.25) is 4.79 Å². The molecule has 1 aromatic heterocycles. The molecule has 2 atom stereocenters. The largest absolute Gasteiger partial charge is 0.379 e. The number of hydrazine groups is 1. The van der Waals surface area contributed by atoms with Crippen molar-refractivity contribution in [3.8, 4) is 6.07 Å². The number of hydrogen-bond acceptors (Lipinski definition) is 9. The van der Waals surface area contributed by atoms with E-state index in [0.717, 1.165) is 6.42 Å². The Kier molecular flexibility index (Phi) is 7.28. The monoisotopic (exact) mass is 450 g/mol. The van der Waals surface area contributed by atoms with Crippen molar-refractivity contribution in [1.82, 2.24) is 19.7 Å². The number of nitrogens with zero attached hydrogens (tertiary/aromatic N) is 4. The summed E-state index contributed by atoms with van der Waals surface area (Å²) in [6.07, 6.45) is 2.27. The SMILES string of the molecule is CC(=O)C1(C#N)CCCN1NC(Nc1ccc(S(=O)(=O)N2CCOCC2)cn1)C(C)C. The smallest absolute Gasteiger partial charge is 0.244 e. The van der Waals surface area contributed by atoms with Crippen LogP contribution in [0.4, 0.5) is 5.82 Å². The first kappa shape index (κ1) is 23.6. The summed E-state index contributed by atoms with van der Waals surface area (Å²) in [6.45, 7) is 7.45. The number of nitrogens with one attached hydrogen (secondary N) is 2. The summed E-state index contributed by atoms with van der Waals surface area (Å²) in [5.41, 5.74) is 2.11. The van der Waals surface area contributed by atoms with Gasteiger partial charge in [-0.25, -0.2) is 23.8 Å². The molecule has 1 aromatic rings. The molecule has 2 unspecified atom stereocenters. The summed E-state index contributed by atoms with van der Waals surface area (Å²) >= 11 is 0. The van der Waals surface area contributed by atoms with Gasteiger partial charge in [-0.1, -0.05) is 13.8 Å². The van der Waals surface area contributed by atoms with Gasteiger partial charge in [0.25, 0.3) is 0 Å². The van der Waals surface area contributed by atoms with Crippen molar-refractivity contribution in [2.24, 2.45) is 5.92 Å². The van der Waals surface area contributed by atoms with Gasteiger partial charge in [-0.2, -0.15) is 9.57 Å². The number of ether oxygens (including phenoxy) is 1. The van der Waals surface area contributed by atoms with Gasteiger partial charge in [0.05, 0.1) is 25.4 Å². The zero-order chi connectivity index (χ0) is 22.6. The van der Waals surface area contributed by atoms with Gasteiger partial charge >= 0.3 is 0 Å². The average molecular weight is 451 g/mol. The van der Waals surface area contributed by atoms with Crippen LogP contribution in [0.2, 0.25) is 0 Å². The van der Waals surface area contributed by atoms with E-state index in [1.807, 2.05) is 13.8 Å². The van der Waals surface area contributed by atoms with E-state index in [1.54, 1.807) is 11.1 Å². The second kappa shape index (κ2) is 9.58. The van der Waals surface area contributed by atoms with E-state index in [1.165, 1.54) is 23.5 Å². The summed E-state index contributed by atoms with van der Waals surface area (Å²) in [4.78, 5) is 16.6. The molecule has 0 bridgehead atoms. The van der Waals surface area contributed by atoms with Crippen LogP contribution in [0.15, 0.2) is 23.2 Å². The number of hydrogen-bond donors (Lipinski definition) is 2. The van der Waals surface area contributed by atoms with Gasteiger partial charge in [0, 0.05) is 25.8 Å². The molecule has 0 amide bonds. The van der Waals surface area contributed by atoms with Gasteiger partial charge in [-0.05, 0) is 37.8 Å². The molecule has 2 N–H and O–H groups in total. The first-order chi connectivity index (χ1) is 14.7. The van der Waals surface area contributed by atoms with Crippen LogP contribution in [-0.4, -0.2) is 73.1 Å². The lowest BCUT2D eigenvalue weighted by molar-refractivity contribution is -0.126. The first-order valence-corrected chi connectivity index (χ1v) is 11.9. The van der Waals surface area contributed by atoms with E-state index < -0.39 is 15.6 Å². The van der Waals surface area contributed by atoms with Crippen LogP contribution in [0.25, 0.3) is 0 Å². The Labute approximate surface area is 183 Å². The van der Waals surface area contributed by atoms with Crippen LogP contribution < -0.4 is 10.7 Å². The molecule has 2 aliphatic rings. The highest BCUT2D eigenvalue weighted by molar-refractivity contribution is 7.89. The molecular formula is C20H30N6O4S. The van der Waals surface area contributed by atoms with Crippen LogP contribution in [0.3, 0.4) is 0 Å². The molecule has 170 valence electrons. The van der Waals surface area contributed by atoms with Gasteiger partial charge in [0.2, 0.25) is 10.0 Å². The minimum atomic E-state index is -3.60. The third kappa shape index (κ3) is 4.88. The average Bonchev–Trinajstić information content (AvgIpc) is 3.18. The third-order valence-electron chi connectivity index (χ3n) is 5.76. The van der Waals surface area contributed by atoms with Gasteiger partial charge < -0.3 is 10.1 Å². The van der Waals surface area contributed by atoms with Crippen LogP contribution >= 0.6 is 0 Å². The molecule has 2 fully saturated rings. The maximum atomic E-state index is 12.8. The lowest BCUT2D eigenvalue weighted by atomic mass is 9.94. The van der Waals surface area contributed by atoms with E-state index in [2.05, 4.69) is 21.8 Å². The molecule has 0 aromatic carbocycles. The Morgan fingerprint density at radius 1 is 1.29 bits per heavy atom. The number of anilines is 1. The second-order valence-electron chi connectivity index (χ2n) is 8.17. The van der Waals surface area contributed by atoms with Crippen molar-refractivity contribution >= 4 is 21.6 Å². The molecule has 0 saturated carbocycles. The number of ketones is 1. The molecule has 0 spiro atoms. The fourth-order valence-corrected chi connectivity index (χ4v) is 5.14. The number of pyridine rings is 1. The molecular weight excluding hydrogens is 420 g/mol. The zero-order valence-corrected chi connectivity index (χ0v) is 19.0. The Balaban J connectivity index is 1.72. The molecule has 3 rings (SSSR count). The van der Waals surface area contributed by atoms with E-state index >= 15 is 0 Å². The molecule has 2 saturated heterocycles. The Morgan fingerprint density at radius 3 is 2.55 bits per heavy atom. The molecule has 2 aliphatic heterocycles. The fraction of sp³-hybridized carbons (Fsp3) is 0.650.